The lowest BCUT2D eigenvalue weighted by atomic mass is 10.2. The summed E-state index contributed by atoms with van der Waals surface area (Å²) < 4.78 is 0. The summed E-state index contributed by atoms with van der Waals surface area (Å²) in [6, 6.07) is 5.23. The molecule has 1 aromatic carbocycles. The van der Waals surface area contributed by atoms with Gasteiger partial charge in [-0.25, -0.2) is 4.98 Å². The predicted molar refractivity (Wildman–Crippen MR) is 60.3 cm³/mol. The van der Waals surface area contributed by atoms with Gasteiger partial charge < -0.3 is 4.98 Å². The summed E-state index contributed by atoms with van der Waals surface area (Å²) in [6.45, 7) is 2.10. The Balaban J connectivity index is 2.47. The SMILES string of the molecule is CCCc1nc2ccc(C(=O)Cl)cc2[nH]1. The van der Waals surface area contributed by atoms with Crippen molar-refractivity contribution in [2.24, 2.45) is 0 Å². The fourth-order valence-corrected chi connectivity index (χ4v) is 1.66. The number of nitrogens with one attached hydrogen (secondary N) is 1. The van der Waals surface area contributed by atoms with E-state index in [1.807, 2.05) is 0 Å². The number of hydrogen-bond acceptors (Lipinski definition) is 2. The van der Waals surface area contributed by atoms with Crippen molar-refractivity contribution in [2.75, 3.05) is 0 Å². The van der Waals surface area contributed by atoms with Crippen molar-refractivity contribution in [3.8, 4) is 0 Å². The standard InChI is InChI=1S/C11H11ClN2O/c1-2-3-10-13-8-5-4-7(11(12)15)6-9(8)14-10/h4-6H,2-3H2,1H3,(H,13,14). The number of fused-ring (bicyclic) bond motifs is 1. The van der Waals surface area contributed by atoms with E-state index in [1.165, 1.54) is 0 Å². The molecular weight excluding hydrogens is 212 g/mol. The van der Waals surface area contributed by atoms with Crippen LogP contribution < -0.4 is 0 Å². The number of halogens is 1. The van der Waals surface area contributed by atoms with E-state index in [0.29, 0.717) is 5.56 Å². The number of aromatic amines is 1. The molecule has 0 aliphatic heterocycles. The molecule has 0 bridgehead atoms. The second kappa shape index (κ2) is 4.03. The topological polar surface area (TPSA) is 45.8 Å². The normalized spacial score (nSPS) is 10.8. The molecule has 2 rings (SSSR count). The van der Waals surface area contributed by atoms with Crippen molar-refractivity contribution >= 4 is 27.9 Å². The zero-order chi connectivity index (χ0) is 10.8. The number of imidazole rings is 1. The van der Waals surface area contributed by atoms with Crippen LogP contribution in [0.5, 0.6) is 0 Å². The number of aryl methyl sites for hydroxylation is 1. The average Bonchev–Trinajstić information content (AvgIpc) is 2.59. The van der Waals surface area contributed by atoms with Crippen LogP contribution in [0.3, 0.4) is 0 Å². The van der Waals surface area contributed by atoms with Crippen LogP contribution in [0.1, 0.15) is 29.5 Å². The molecule has 0 amide bonds. The van der Waals surface area contributed by atoms with Crippen molar-refractivity contribution in [2.45, 2.75) is 19.8 Å². The van der Waals surface area contributed by atoms with Crippen LogP contribution in [0.25, 0.3) is 11.0 Å². The van der Waals surface area contributed by atoms with Crippen molar-refractivity contribution in [3.05, 3.63) is 29.6 Å². The maximum absolute atomic E-state index is 11.0. The van der Waals surface area contributed by atoms with E-state index in [4.69, 9.17) is 11.6 Å². The molecule has 1 heterocycles. The van der Waals surface area contributed by atoms with Crippen LogP contribution >= 0.6 is 11.6 Å². The molecule has 0 fully saturated rings. The first-order chi connectivity index (χ1) is 7.20. The molecule has 0 saturated heterocycles. The van der Waals surface area contributed by atoms with Crippen LogP contribution in [-0.4, -0.2) is 15.2 Å². The van der Waals surface area contributed by atoms with Gasteiger partial charge in [-0.1, -0.05) is 6.92 Å². The summed E-state index contributed by atoms with van der Waals surface area (Å²) in [5.41, 5.74) is 2.24. The van der Waals surface area contributed by atoms with Crippen molar-refractivity contribution < 1.29 is 4.79 Å². The third-order valence-electron chi connectivity index (χ3n) is 2.24. The van der Waals surface area contributed by atoms with E-state index in [0.717, 1.165) is 29.7 Å². The zero-order valence-corrected chi connectivity index (χ0v) is 9.14. The molecule has 0 aliphatic rings. The molecule has 0 saturated carbocycles. The number of benzene rings is 1. The molecule has 0 aliphatic carbocycles. The minimum absolute atomic E-state index is 0.441. The van der Waals surface area contributed by atoms with Gasteiger partial charge in [0.2, 0.25) is 0 Å². The van der Waals surface area contributed by atoms with E-state index in [2.05, 4.69) is 16.9 Å². The fraction of sp³-hybridized carbons (Fsp3) is 0.273. The highest BCUT2D eigenvalue weighted by Gasteiger charge is 2.06. The van der Waals surface area contributed by atoms with Gasteiger partial charge in [-0.3, -0.25) is 4.79 Å². The summed E-state index contributed by atoms with van der Waals surface area (Å²) in [5.74, 6) is 0.951. The fourth-order valence-electron chi connectivity index (χ4n) is 1.54. The summed E-state index contributed by atoms with van der Waals surface area (Å²) in [4.78, 5) is 18.5. The van der Waals surface area contributed by atoms with Gasteiger partial charge in [0.1, 0.15) is 5.82 Å². The van der Waals surface area contributed by atoms with Gasteiger partial charge in [0, 0.05) is 12.0 Å². The van der Waals surface area contributed by atoms with Gasteiger partial charge in [0.05, 0.1) is 11.0 Å². The Kier molecular flexibility index (Phi) is 2.73. The van der Waals surface area contributed by atoms with E-state index < -0.39 is 5.24 Å². The Morgan fingerprint density at radius 3 is 3.00 bits per heavy atom. The molecule has 0 unspecified atom stereocenters. The number of carbonyl (C=O) groups excluding carboxylic acids is 1. The van der Waals surface area contributed by atoms with Crippen LogP contribution in [0, 0.1) is 0 Å². The number of aromatic nitrogens is 2. The van der Waals surface area contributed by atoms with Gasteiger partial charge >= 0.3 is 0 Å². The molecule has 0 spiro atoms. The molecule has 4 heteroatoms. The number of carbonyl (C=O) groups is 1. The van der Waals surface area contributed by atoms with Gasteiger partial charge in [-0.05, 0) is 36.2 Å². The highest BCUT2D eigenvalue weighted by Crippen LogP contribution is 2.15. The highest BCUT2D eigenvalue weighted by molar-refractivity contribution is 6.67. The first-order valence-electron chi connectivity index (χ1n) is 4.89. The monoisotopic (exact) mass is 222 g/mol. The molecule has 1 N–H and O–H groups in total. The van der Waals surface area contributed by atoms with Gasteiger partial charge in [0.15, 0.2) is 0 Å². The first-order valence-corrected chi connectivity index (χ1v) is 5.27. The number of hydrogen-bond donors (Lipinski definition) is 1. The molecule has 1 aromatic heterocycles. The molecule has 15 heavy (non-hydrogen) atoms. The molecule has 78 valence electrons. The zero-order valence-electron chi connectivity index (χ0n) is 8.38. The molecule has 0 radical (unpaired) electrons. The Labute approximate surface area is 92.5 Å². The lowest BCUT2D eigenvalue weighted by Gasteiger charge is -1.92. The van der Waals surface area contributed by atoms with E-state index in [-0.39, 0.29) is 0 Å². The Morgan fingerprint density at radius 1 is 1.53 bits per heavy atom. The maximum atomic E-state index is 11.0. The molecule has 3 nitrogen and oxygen atoms in total. The van der Waals surface area contributed by atoms with Crippen LogP contribution in [0.2, 0.25) is 0 Å². The number of nitrogens with zero attached hydrogens (tertiary/aromatic N) is 1. The number of H-pyrrole nitrogens is 1. The summed E-state index contributed by atoms with van der Waals surface area (Å²) in [5, 5.41) is -0.441. The van der Waals surface area contributed by atoms with Crippen LogP contribution in [-0.2, 0) is 6.42 Å². The predicted octanol–water partition coefficient (Wildman–Crippen LogP) is 2.89. The Hall–Kier alpha value is -1.35. The summed E-state index contributed by atoms with van der Waals surface area (Å²) >= 11 is 5.40. The first kappa shape index (κ1) is 10.2. The minimum atomic E-state index is -0.441. The van der Waals surface area contributed by atoms with Crippen LogP contribution in [0.15, 0.2) is 18.2 Å². The highest BCUT2D eigenvalue weighted by atomic mass is 35.5. The minimum Gasteiger partial charge on any atom is -0.342 e. The summed E-state index contributed by atoms with van der Waals surface area (Å²) in [7, 11) is 0. The third kappa shape index (κ3) is 2.02. The Bertz CT molecular complexity index is 504. The smallest absolute Gasteiger partial charge is 0.252 e. The maximum Gasteiger partial charge on any atom is 0.252 e. The lowest BCUT2D eigenvalue weighted by molar-refractivity contribution is 0.108. The van der Waals surface area contributed by atoms with E-state index >= 15 is 0 Å². The molecular formula is C11H11ClN2O. The number of rotatable bonds is 3. The summed E-state index contributed by atoms with van der Waals surface area (Å²) in [6.07, 6.45) is 1.96. The second-order valence-corrected chi connectivity index (χ2v) is 3.78. The van der Waals surface area contributed by atoms with E-state index in [1.54, 1.807) is 18.2 Å². The van der Waals surface area contributed by atoms with Gasteiger partial charge in [-0.2, -0.15) is 0 Å². The Morgan fingerprint density at radius 2 is 2.33 bits per heavy atom. The van der Waals surface area contributed by atoms with Crippen molar-refractivity contribution in [3.63, 3.8) is 0 Å². The van der Waals surface area contributed by atoms with Crippen molar-refractivity contribution in [1.82, 2.24) is 9.97 Å². The van der Waals surface area contributed by atoms with Crippen molar-refractivity contribution in [1.29, 1.82) is 0 Å². The second-order valence-electron chi connectivity index (χ2n) is 3.44. The largest absolute Gasteiger partial charge is 0.342 e. The van der Waals surface area contributed by atoms with Crippen LogP contribution in [0.4, 0.5) is 0 Å². The van der Waals surface area contributed by atoms with Gasteiger partial charge in [0.25, 0.3) is 5.24 Å². The quantitative estimate of drug-likeness (QED) is 0.812. The van der Waals surface area contributed by atoms with Gasteiger partial charge in [-0.15, -0.1) is 0 Å². The van der Waals surface area contributed by atoms with E-state index in [9.17, 15) is 4.79 Å². The third-order valence-corrected chi connectivity index (χ3v) is 2.46. The average molecular weight is 223 g/mol. The molecule has 2 aromatic rings. The molecule has 0 atom stereocenters. The lowest BCUT2D eigenvalue weighted by Crippen LogP contribution is -1.87.